The first kappa shape index (κ1) is 14.1. The molecule has 19 heavy (non-hydrogen) atoms. The lowest BCUT2D eigenvalue weighted by Crippen LogP contribution is -2.32. The van der Waals surface area contributed by atoms with Gasteiger partial charge in [-0.05, 0) is 13.3 Å². The van der Waals surface area contributed by atoms with Crippen molar-refractivity contribution in [2.45, 2.75) is 24.6 Å². The van der Waals surface area contributed by atoms with Crippen molar-refractivity contribution in [1.82, 2.24) is 14.8 Å². The SMILES string of the molecule is CC1CN(c2nnc(SCC(=O)O)n2C)CCCO1. The molecule has 1 saturated heterocycles. The minimum atomic E-state index is -0.855. The number of anilines is 1. The normalized spacial score (nSPS) is 20.3. The minimum absolute atomic E-state index is 0.00845. The number of hydrogen-bond donors (Lipinski definition) is 1. The van der Waals surface area contributed by atoms with Crippen LogP contribution in [-0.4, -0.2) is 57.4 Å². The minimum Gasteiger partial charge on any atom is -0.481 e. The highest BCUT2D eigenvalue weighted by atomic mass is 32.2. The third-order valence-electron chi connectivity index (χ3n) is 2.87. The Morgan fingerprint density at radius 1 is 1.58 bits per heavy atom. The van der Waals surface area contributed by atoms with Crippen LogP contribution in [0.4, 0.5) is 5.95 Å². The number of thioether (sulfide) groups is 1. The molecule has 0 amide bonds. The Bertz CT molecular complexity index is 451. The second-order valence-electron chi connectivity index (χ2n) is 4.50. The van der Waals surface area contributed by atoms with Gasteiger partial charge in [0.1, 0.15) is 0 Å². The smallest absolute Gasteiger partial charge is 0.313 e. The highest BCUT2D eigenvalue weighted by molar-refractivity contribution is 7.99. The predicted molar refractivity (Wildman–Crippen MR) is 71.6 cm³/mol. The Morgan fingerprint density at radius 3 is 3.11 bits per heavy atom. The zero-order chi connectivity index (χ0) is 13.8. The largest absolute Gasteiger partial charge is 0.481 e. The van der Waals surface area contributed by atoms with Crippen LogP contribution in [0.25, 0.3) is 0 Å². The number of nitrogens with zero attached hydrogens (tertiary/aromatic N) is 4. The molecular weight excluding hydrogens is 268 g/mol. The van der Waals surface area contributed by atoms with E-state index in [4.69, 9.17) is 9.84 Å². The summed E-state index contributed by atoms with van der Waals surface area (Å²) in [5.74, 6) is -0.0949. The molecule has 0 aliphatic carbocycles. The third kappa shape index (κ3) is 3.60. The van der Waals surface area contributed by atoms with Crippen LogP contribution in [0, 0.1) is 0 Å². The van der Waals surface area contributed by atoms with Crippen molar-refractivity contribution in [2.24, 2.45) is 7.05 Å². The maximum absolute atomic E-state index is 10.6. The van der Waals surface area contributed by atoms with Gasteiger partial charge in [0.2, 0.25) is 5.95 Å². The molecular formula is C11H18N4O3S. The Balaban J connectivity index is 2.09. The van der Waals surface area contributed by atoms with Crippen molar-refractivity contribution >= 4 is 23.7 Å². The van der Waals surface area contributed by atoms with E-state index >= 15 is 0 Å². The van der Waals surface area contributed by atoms with Gasteiger partial charge < -0.3 is 14.7 Å². The van der Waals surface area contributed by atoms with Crippen molar-refractivity contribution < 1.29 is 14.6 Å². The molecule has 8 heteroatoms. The molecule has 1 unspecified atom stereocenters. The van der Waals surface area contributed by atoms with Gasteiger partial charge in [-0.25, -0.2) is 0 Å². The number of carboxylic acids is 1. The van der Waals surface area contributed by atoms with Crippen LogP contribution in [-0.2, 0) is 16.6 Å². The number of carbonyl (C=O) groups is 1. The third-order valence-corrected chi connectivity index (χ3v) is 3.88. The number of ether oxygens (including phenoxy) is 1. The van der Waals surface area contributed by atoms with E-state index < -0.39 is 5.97 Å². The number of hydrogen-bond acceptors (Lipinski definition) is 6. The fourth-order valence-corrected chi connectivity index (χ4v) is 2.64. The molecule has 1 aromatic heterocycles. The molecule has 1 fully saturated rings. The van der Waals surface area contributed by atoms with Gasteiger partial charge in [-0.3, -0.25) is 9.36 Å². The summed E-state index contributed by atoms with van der Waals surface area (Å²) < 4.78 is 7.44. The zero-order valence-corrected chi connectivity index (χ0v) is 11.9. The predicted octanol–water partition coefficient (Wildman–Crippen LogP) is 0.607. The molecule has 1 aliphatic heterocycles. The van der Waals surface area contributed by atoms with Gasteiger partial charge in [0.15, 0.2) is 5.16 Å². The molecule has 0 radical (unpaired) electrons. The van der Waals surface area contributed by atoms with Crippen LogP contribution in [0.1, 0.15) is 13.3 Å². The van der Waals surface area contributed by atoms with Crippen LogP contribution in [0.15, 0.2) is 5.16 Å². The average Bonchev–Trinajstić information content (AvgIpc) is 2.57. The lowest BCUT2D eigenvalue weighted by molar-refractivity contribution is -0.133. The average molecular weight is 286 g/mol. The van der Waals surface area contributed by atoms with Gasteiger partial charge >= 0.3 is 5.97 Å². The number of aliphatic carboxylic acids is 1. The zero-order valence-electron chi connectivity index (χ0n) is 11.1. The van der Waals surface area contributed by atoms with Gasteiger partial charge in [0.05, 0.1) is 11.9 Å². The summed E-state index contributed by atoms with van der Waals surface area (Å²) in [6.45, 7) is 4.44. The van der Waals surface area contributed by atoms with E-state index in [-0.39, 0.29) is 11.9 Å². The Kier molecular flexibility index (Phi) is 4.65. The summed E-state index contributed by atoms with van der Waals surface area (Å²) in [7, 11) is 1.86. The lowest BCUT2D eigenvalue weighted by Gasteiger charge is -2.22. The quantitative estimate of drug-likeness (QED) is 0.812. The number of rotatable bonds is 4. The molecule has 1 aliphatic rings. The summed E-state index contributed by atoms with van der Waals surface area (Å²) in [5.41, 5.74) is 0. The van der Waals surface area contributed by atoms with E-state index in [1.54, 1.807) is 0 Å². The summed E-state index contributed by atoms with van der Waals surface area (Å²) in [4.78, 5) is 12.7. The Labute approximate surface area is 115 Å². The van der Waals surface area contributed by atoms with Gasteiger partial charge in [0.25, 0.3) is 0 Å². The van der Waals surface area contributed by atoms with Crippen molar-refractivity contribution in [3.8, 4) is 0 Å². The van der Waals surface area contributed by atoms with Gasteiger partial charge in [-0.15, -0.1) is 10.2 Å². The molecule has 106 valence electrons. The monoisotopic (exact) mass is 286 g/mol. The van der Waals surface area contributed by atoms with E-state index in [0.29, 0.717) is 5.16 Å². The van der Waals surface area contributed by atoms with Crippen LogP contribution in [0.2, 0.25) is 0 Å². The molecule has 0 spiro atoms. The van der Waals surface area contributed by atoms with Crippen molar-refractivity contribution in [3.05, 3.63) is 0 Å². The second-order valence-corrected chi connectivity index (χ2v) is 5.45. The molecule has 0 aromatic carbocycles. The highest BCUT2D eigenvalue weighted by Crippen LogP contribution is 2.21. The summed E-state index contributed by atoms with van der Waals surface area (Å²) in [5, 5.41) is 17.5. The molecule has 0 bridgehead atoms. The van der Waals surface area contributed by atoms with E-state index in [1.807, 2.05) is 18.5 Å². The summed E-state index contributed by atoms with van der Waals surface area (Å²) in [6.07, 6.45) is 1.11. The van der Waals surface area contributed by atoms with E-state index in [1.165, 1.54) is 11.8 Å². The van der Waals surface area contributed by atoms with E-state index in [0.717, 1.165) is 32.1 Å². The Morgan fingerprint density at radius 2 is 2.37 bits per heavy atom. The summed E-state index contributed by atoms with van der Waals surface area (Å²) >= 11 is 1.18. The van der Waals surface area contributed by atoms with Crippen molar-refractivity contribution in [2.75, 3.05) is 30.3 Å². The molecule has 0 saturated carbocycles. The molecule has 1 N–H and O–H groups in total. The van der Waals surface area contributed by atoms with E-state index in [9.17, 15) is 4.79 Å². The van der Waals surface area contributed by atoms with Crippen LogP contribution in [0.3, 0.4) is 0 Å². The molecule has 1 atom stereocenters. The first-order valence-electron chi connectivity index (χ1n) is 6.18. The summed E-state index contributed by atoms with van der Waals surface area (Å²) in [6, 6.07) is 0. The van der Waals surface area contributed by atoms with Gasteiger partial charge in [-0.1, -0.05) is 11.8 Å². The first-order chi connectivity index (χ1) is 9.08. The molecule has 2 rings (SSSR count). The van der Waals surface area contributed by atoms with Crippen molar-refractivity contribution in [1.29, 1.82) is 0 Å². The molecule has 1 aromatic rings. The Hall–Kier alpha value is -1.28. The highest BCUT2D eigenvalue weighted by Gasteiger charge is 2.21. The maximum atomic E-state index is 10.6. The van der Waals surface area contributed by atoms with Crippen molar-refractivity contribution in [3.63, 3.8) is 0 Å². The van der Waals surface area contributed by atoms with Crippen LogP contribution < -0.4 is 4.90 Å². The number of carboxylic acid groups (broad SMARTS) is 1. The fourth-order valence-electron chi connectivity index (χ4n) is 2.01. The van der Waals surface area contributed by atoms with Gasteiger partial charge in [0, 0.05) is 26.7 Å². The standard InChI is InChI=1S/C11H18N4O3S/c1-8-6-15(4-3-5-18-8)10-12-13-11(14(10)2)19-7-9(16)17/h8H,3-7H2,1-2H3,(H,16,17). The van der Waals surface area contributed by atoms with E-state index in [2.05, 4.69) is 15.1 Å². The second kappa shape index (κ2) is 6.25. The van der Waals surface area contributed by atoms with Gasteiger partial charge in [-0.2, -0.15) is 0 Å². The first-order valence-corrected chi connectivity index (χ1v) is 7.17. The van der Waals surface area contributed by atoms with Crippen LogP contribution >= 0.6 is 11.8 Å². The lowest BCUT2D eigenvalue weighted by atomic mass is 10.3. The van der Waals surface area contributed by atoms with Crippen LogP contribution in [0.5, 0.6) is 0 Å². The fraction of sp³-hybridized carbons (Fsp3) is 0.727. The topological polar surface area (TPSA) is 80.5 Å². The maximum Gasteiger partial charge on any atom is 0.313 e. The molecule has 2 heterocycles. The molecule has 7 nitrogen and oxygen atoms in total. The number of aromatic nitrogens is 3.